The summed E-state index contributed by atoms with van der Waals surface area (Å²) in [6, 6.07) is 1.53. The molecule has 0 aliphatic carbocycles. The van der Waals surface area contributed by atoms with Gasteiger partial charge in [0, 0.05) is 18.6 Å². The van der Waals surface area contributed by atoms with Crippen molar-refractivity contribution in [2.75, 3.05) is 19.6 Å². The fourth-order valence-electron chi connectivity index (χ4n) is 3.12. The first kappa shape index (κ1) is 10.4. The summed E-state index contributed by atoms with van der Waals surface area (Å²) >= 11 is 0. The second-order valence-electron chi connectivity index (χ2n) is 5.50. The number of fused-ring (bicyclic) bond motifs is 1. The fraction of sp³-hybridized carbons (Fsp3) is 1.00. The third-order valence-electron chi connectivity index (χ3n) is 4.47. The van der Waals surface area contributed by atoms with Gasteiger partial charge >= 0.3 is 0 Å². The maximum Gasteiger partial charge on any atom is 0.0114 e. The van der Waals surface area contributed by atoms with E-state index in [0.29, 0.717) is 0 Å². The van der Waals surface area contributed by atoms with Crippen LogP contribution in [0.1, 0.15) is 27.7 Å². The van der Waals surface area contributed by atoms with Gasteiger partial charge in [0.1, 0.15) is 0 Å². The Morgan fingerprint density at radius 1 is 1.21 bits per heavy atom. The lowest BCUT2D eigenvalue weighted by Crippen LogP contribution is -2.42. The molecule has 2 heteroatoms. The number of nitrogens with one attached hydrogen (secondary N) is 1. The number of rotatable bonds is 2. The van der Waals surface area contributed by atoms with Crippen LogP contribution in [0.2, 0.25) is 0 Å². The van der Waals surface area contributed by atoms with Crippen molar-refractivity contribution in [2.24, 2.45) is 17.8 Å². The molecule has 0 spiro atoms. The number of likely N-dealkylation sites (tertiary alicyclic amines) is 1. The molecule has 2 nitrogen and oxygen atoms in total. The Balaban J connectivity index is 2.02. The SMILES string of the molecule is CC(C)C(C)N1CC2CNCC2C1C. The molecule has 2 heterocycles. The lowest BCUT2D eigenvalue weighted by molar-refractivity contribution is 0.145. The largest absolute Gasteiger partial charge is 0.316 e. The first-order valence-electron chi connectivity index (χ1n) is 6.07. The predicted octanol–water partition coefficient (Wildman–Crippen LogP) is 1.57. The summed E-state index contributed by atoms with van der Waals surface area (Å²) in [5, 5.41) is 3.52. The van der Waals surface area contributed by atoms with Gasteiger partial charge in [-0.25, -0.2) is 0 Å². The Bertz CT molecular complexity index is 202. The van der Waals surface area contributed by atoms with Crippen LogP contribution in [0.3, 0.4) is 0 Å². The molecule has 0 aromatic heterocycles. The monoisotopic (exact) mass is 196 g/mol. The van der Waals surface area contributed by atoms with Crippen LogP contribution in [0.25, 0.3) is 0 Å². The Hall–Kier alpha value is -0.0800. The molecule has 2 aliphatic heterocycles. The van der Waals surface area contributed by atoms with Gasteiger partial charge in [-0.05, 0) is 44.7 Å². The summed E-state index contributed by atoms with van der Waals surface area (Å²) in [5.74, 6) is 2.62. The van der Waals surface area contributed by atoms with E-state index in [0.717, 1.165) is 29.8 Å². The first-order chi connectivity index (χ1) is 6.61. The Labute approximate surface area is 88.1 Å². The standard InChI is InChI=1S/C12H24N2/c1-8(2)9(3)14-7-11-5-13-6-12(11)10(14)4/h8-13H,5-7H2,1-4H3. The van der Waals surface area contributed by atoms with Gasteiger partial charge < -0.3 is 5.32 Å². The van der Waals surface area contributed by atoms with Crippen molar-refractivity contribution in [1.29, 1.82) is 0 Å². The summed E-state index contributed by atoms with van der Waals surface area (Å²) in [7, 11) is 0. The summed E-state index contributed by atoms with van der Waals surface area (Å²) in [5.41, 5.74) is 0. The minimum atomic E-state index is 0.746. The van der Waals surface area contributed by atoms with Gasteiger partial charge in [-0.1, -0.05) is 13.8 Å². The van der Waals surface area contributed by atoms with Gasteiger partial charge in [-0.15, -0.1) is 0 Å². The van der Waals surface area contributed by atoms with E-state index in [1.165, 1.54) is 19.6 Å². The van der Waals surface area contributed by atoms with Crippen LogP contribution in [-0.4, -0.2) is 36.6 Å². The summed E-state index contributed by atoms with van der Waals surface area (Å²) in [6.45, 7) is 13.3. The molecule has 14 heavy (non-hydrogen) atoms. The highest BCUT2D eigenvalue weighted by molar-refractivity contribution is 4.98. The van der Waals surface area contributed by atoms with E-state index < -0.39 is 0 Å². The molecule has 2 rings (SSSR count). The zero-order chi connectivity index (χ0) is 10.3. The van der Waals surface area contributed by atoms with E-state index in [9.17, 15) is 0 Å². The van der Waals surface area contributed by atoms with Crippen molar-refractivity contribution >= 4 is 0 Å². The molecule has 4 unspecified atom stereocenters. The molecule has 0 aromatic carbocycles. The molecule has 2 aliphatic rings. The molecular weight excluding hydrogens is 172 g/mol. The van der Waals surface area contributed by atoms with E-state index in [1.54, 1.807) is 0 Å². The fourth-order valence-corrected chi connectivity index (χ4v) is 3.12. The molecule has 0 aromatic rings. The van der Waals surface area contributed by atoms with Gasteiger partial charge in [-0.3, -0.25) is 4.90 Å². The van der Waals surface area contributed by atoms with Crippen molar-refractivity contribution in [1.82, 2.24) is 10.2 Å². The molecule has 0 amide bonds. The second kappa shape index (κ2) is 3.82. The van der Waals surface area contributed by atoms with Gasteiger partial charge in [0.25, 0.3) is 0 Å². The molecule has 2 fully saturated rings. The zero-order valence-electron chi connectivity index (χ0n) is 9.96. The van der Waals surface area contributed by atoms with Crippen LogP contribution in [-0.2, 0) is 0 Å². The topological polar surface area (TPSA) is 15.3 Å². The minimum Gasteiger partial charge on any atom is -0.316 e. The first-order valence-corrected chi connectivity index (χ1v) is 6.07. The lowest BCUT2D eigenvalue weighted by Gasteiger charge is -2.33. The van der Waals surface area contributed by atoms with Crippen molar-refractivity contribution in [3.8, 4) is 0 Å². The maximum absolute atomic E-state index is 3.52. The maximum atomic E-state index is 3.52. The van der Waals surface area contributed by atoms with Crippen LogP contribution in [0.15, 0.2) is 0 Å². The number of nitrogens with zero attached hydrogens (tertiary/aromatic N) is 1. The van der Waals surface area contributed by atoms with Crippen LogP contribution in [0.5, 0.6) is 0 Å². The van der Waals surface area contributed by atoms with Gasteiger partial charge in [0.15, 0.2) is 0 Å². The van der Waals surface area contributed by atoms with E-state index in [-0.39, 0.29) is 0 Å². The third kappa shape index (κ3) is 1.59. The highest BCUT2D eigenvalue weighted by atomic mass is 15.2. The average molecular weight is 196 g/mol. The average Bonchev–Trinajstić information content (AvgIpc) is 2.68. The van der Waals surface area contributed by atoms with Crippen LogP contribution in [0, 0.1) is 17.8 Å². The lowest BCUT2D eigenvalue weighted by atomic mass is 9.95. The van der Waals surface area contributed by atoms with Crippen LogP contribution in [0.4, 0.5) is 0 Å². The number of hydrogen-bond donors (Lipinski definition) is 1. The smallest absolute Gasteiger partial charge is 0.0114 e. The van der Waals surface area contributed by atoms with Gasteiger partial charge in [0.2, 0.25) is 0 Å². The quantitative estimate of drug-likeness (QED) is 0.721. The van der Waals surface area contributed by atoms with E-state index >= 15 is 0 Å². The van der Waals surface area contributed by atoms with Gasteiger partial charge in [-0.2, -0.15) is 0 Å². The van der Waals surface area contributed by atoms with Crippen molar-refractivity contribution < 1.29 is 0 Å². The highest BCUT2D eigenvalue weighted by Crippen LogP contribution is 2.34. The molecule has 1 N–H and O–H groups in total. The molecule has 2 saturated heterocycles. The molecule has 0 bridgehead atoms. The van der Waals surface area contributed by atoms with Crippen molar-refractivity contribution in [2.45, 2.75) is 39.8 Å². The van der Waals surface area contributed by atoms with Gasteiger partial charge in [0.05, 0.1) is 0 Å². The normalized spacial score (nSPS) is 40.5. The second-order valence-corrected chi connectivity index (χ2v) is 5.50. The number of hydrogen-bond acceptors (Lipinski definition) is 2. The Kier molecular flexibility index (Phi) is 2.85. The van der Waals surface area contributed by atoms with Crippen LogP contribution < -0.4 is 5.32 Å². The predicted molar refractivity (Wildman–Crippen MR) is 60.3 cm³/mol. The van der Waals surface area contributed by atoms with E-state index in [4.69, 9.17) is 0 Å². The minimum absolute atomic E-state index is 0.746. The van der Waals surface area contributed by atoms with E-state index in [2.05, 4.69) is 37.9 Å². The summed E-state index contributed by atoms with van der Waals surface area (Å²) in [4.78, 5) is 2.72. The van der Waals surface area contributed by atoms with Crippen molar-refractivity contribution in [3.05, 3.63) is 0 Å². The molecule has 4 atom stereocenters. The summed E-state index contributed by atoms with van der Waals surface area (Å²) < 4.78 is 0. The van der Waals surface area contributed by atoms with Crippen LogP contribution >= 0.6 is 0 Å². The molecular formula is C12H24N2. The van der Waals surface area contributed by atoms with E-state index in [1.807, 2.05) is 0 Å². The highest BCUT2D eigenvalue weighted by Gasteiger charge is 2.43. The van der Waals surface area contributed by atoms with Crippen molar-refractivity contribution in [3.63, 3.8) is 0 Å². The molecule has 0 radical (unpaired) electrons. The zero-order valence-corrected chi connectivity index (χ0v) is 9.96. The summed E-state index contributed by atoms with van der Waals surface area (Å²) in [6.07, 6.45) is 0. The molecule has 0 saturated carbocycles. The molecule has 82 valence electrons. The Morgan fingerprint density at radius 3 is 2.50 bits per heavy atom. The Morgan fingerprint density at radius 2 is 1.93 bits per heavy atom. The third-order valence-corrected chi connectivity index (χ3v) is 4.47.